The Bertz CT molecular complexity index is 1140. The largest absolute Gasteiger partial charge is 0.598 e. The summed E-state index contributed by atoms with van der Waals surface area (Å²) in [7, 11) is 0. The van der Waals surface area contributed by atoms with Crippen molar-refractivity contribution in [1.29, 1.82) is 0 Å². The Labute approximate surface area is 233 Å². The molecule has 4 rings (SSSR count). The molecule has 40 heavy (non-hydrogen) atoms. The standard InChI is InChI=1S/C26H33F2N3O8S/c1-26(2,3)40(36)30-21(17-12-15(4-5-18(17)27)39-16-8-11-38-13-16)20(28)22(32)19-23(33)29-25(35)31(24(19)34)14-6-9-37-10-7-14/h4-5,12,14,16,19-21,30H,6-11,13H2,1-3H3,(H,29,33,35)/t16?,19?,20-,21+,40-/m1/s1. The maximum Gasteiger partial charge on any atom is 0.331 e. The maximum atomic E-state index is 16.2. The molecule has 0 spiro atoms. The number of carbonyl (C=O) groups is 4. The molecular formula is C26H33F2N3O8S. The van der Waals surface area contributed by atoms with E-state index in [0.29, 0.717) is 19.6 Å². The van der Waals surface area contributed by atoms with Gasteiger partial charge in [0.1, 0.15) is 28.5 Å². The third-order valence-electron chi connectivity index (χ3n) is 6.88. The Balaban J connectivity index is 1.65. The third-order valence-corrected chi connectivity index (χ3v) is 8.46. The number of nitrogens with one attached hydrogen (secondary N) is 2. The maximum absolute atomic E-state index is 16.2. The lowest BCUT2D eigenvalue weighted by Gasteiger charge is -2.37. The molecule has 3 heterocycles. The zero-order valence-corrected chi connectivity index (χ0v) is 23.3. The molecule has 3 saturated heterocycles. The summed E-state index contributed by atoms with van der Waals surface area (Å²) in [5.74, 6) is -6.88. The van der Waals surface area contributed by atoms with Crippen LogP contribution in [0.2, 0.25) is 0 Å². The fourth-order valence-electron chi connectivity index (χ4n) is 4.66. The van der Waals surface area contributed by atoms with Crippen LogP contribution in [0.25, 0.3) is 0 Å². The van der Waals surface area contributed by atoms with Crippen molar-refractivity contribution < 1.29 is 46.7 Å². The van der Waals surface area contributed by atoms with Gasteiger partial charge in [0.2, 0.25) is 5.91 Å². The van der Waals surface area contributed by atoms with Gasteiger partial charge in [-0.15, -0.1) is 4.72 Å². The van der Waals surface area contributed by atoms with Gasteiger partial charge in [-0.05, 0) is 51.8 Å². The van der Waals surface area contributed by atoms with Gasteiger partial charge in [0.15, 0.2) is 17.9 Å². The normalized spacial score (nSPS) is 24.9. The Morgan fingerprint density at radius 1 is 1.18 bits per heavy atom. The second-order valence-electron chi connectivity index (χ2n) is 10.8. The smallest absolute Gasteiger partial charge is 0.331 e. The number of urea groups is 1. The number of imide groups is 2. The van der Waals surface area contributed by atoms with Gasteiger partial charge in [0, 0.05) is 42.6 Å². The zero-order valence-electron chi connectivity index (χ0n) is 22.4. The van der Waals surface area contributed by atoms with Crippen molar-refractivity contribution in [2.24, 2.45) is 5.92 Å². The number of alkyl halides is 1. The molecule has 2 N–H and O–H groups in total. The van der Waals surface area contributed by atoms with E-state index in [1.807, 2.05) is 5.32 Å². The summed E-state index contributed by atoms with van der Waals surface area (Å²) in [5, 5.41) is 1.96. The highest BCUT2D eigenvalue weighted by Gasteiger charge is 2.51. The average molecular weight is 586 g/mol. The van der Waals surface area contributed by atoms with Crippen LogP contribution in [0.15, 0.2) is 18.2 Å². The van der Waals surface area contributed by atoms with Gasteiger partial charge < -0.3 is 18.8 Å². The quantitative estimate of drug-likeness (QED) is 0.328. The molecule has 0 bridgehead atoms. The minimum atomic E-state index is -2.70. The van der Waals surface area contributed by atoms with Gasteiger partial charge in [-0.3, -0.25) is 24.6 Å². The number of Topliss-reactive ketones (excluding diaryl/α,β-unsaturated/α-hetero) is 1. The van der Waals surface area contributed by atoms with E-state index in [0.717, 1.165) is 11.0 Å². The predicted octanol–water partition coefficient (Wildman–Crippen LogP) is 1.87. The van der Waals surface area contributed by atoms with Crippen molar-refractivity contribution in [3.05, 3.63) is 29.6 Å². The number of hydrogen-bond donors (Lipinski definition) is 2. The number of amides is 4. The number of hydrogen-bond acceptors (Lipinski definition) is 9. The zero-order chi connectivity index (χ0) is 29.2. The first-order valence-corrected chi connectivity index (χ1v) is 14.2. The molecule has 3 fully saturated rings. The summed E-state index contributed by atoms with van der Waals surface area (Å²) in [5.41, 5.74) is -0.379. The SMILES string of the molecule is CC(C)(C)[S@@+]([O-])N[C@@H](c1cc(OC2CCOC2)ccc1F)[C@@H](F)C(=O)C1C(=O)NC(=O)N(C2CCOCC2)C1=O. The molecule has 0 aliphatic carbocycles. The first-order valence-electron chi connectivity index (χ1n) is 13.0. The predicted molar refractivity (Wildman–Crippen MR) is 138 cm³/mol. The monoisotopic (exact) mass is 585 g/mol. The minimum Gasteiger partial charge on any atom is -0.598 e. The van der Waals surface area contributed by atoms with Crippen molar-refractivity contribution in [1.82, 2.24) is 14.9 Å². The molecule has 1 aromatic carbocycles. The van der Waals surface area contributed by atoms with E-state index in [2.05, 4.69) is 4.72 Å². The number of barbiturate groups is 1. The van der Waals surface area contributed by atoms with E-state index in [4.69, 9.17) is 14.2 Å². The van der Waals surface area contributed by atoms with Gasteiger partial charge in [-0.1, -0.05) is 0 Å². The fraction of sp³-hybridized carbons (Fsp3) is 0.615. The number of ether oxygens (including phenoxy) is 3. The number of carbonyl (C=O) groups excluding carboxylic acids is 4. The highest BCUT2D eigenvalue weighted by Crippen LogP contribution is 2.32. The third kappa shape index (κ3) is 6.62. The van der Waals surface area contributed by atoms with Crippen molar-refractivity contribution in [2.45, 2.75) is 69.1 Å². The van der Waals surface area contributed by atoms with Crippen LogP contribution in [0.4, 0.5) is 13.6 Å². The summed E-state index contributed by atoms with van der Waals surface area (Å²) in [6, 6.07) is 0.0415. The number of benzene rings is 1. The molecule has 1 aromatic rings. The minimum absolute atomic E-state index is 0.169. The Morgan fingerprint density at radius 2 is 1.85 bits per heavy atom. The molecule has 4 amide bonds. The van der Waals surface area contributed by atoms with E-state index >= 15 is 8.78 Å². The van der Waals surface area contributed by atoms with Crippen molar-refractivity contribution in [3.63, 3.8) is 0 Å². The van der Waals surface area contributed by atoms with Crippen molar-refractivity contribution in [3.8, 4) is 5.75 Å². The van der Waals surface area contributed by atoms with E-state index in [1.54, 1.807) is 20.8 Å². The van der Waals surface area contributed by atoms with Gasteiger partial charge in [-0.25, -0.2) is 13.6 Å². The lowest BCUT2D eigenvalue weighted by Crippen LogP contribution is -2.64. The van der Waals surface area contributed by atoms with Gasteiger partial charge in [0.05, 0.1) is 13.2 Å². The van der Waals surface area contributed by atoms with E-state index in [-0.39, 0.29) is 43.5 Å². The van der Waals surface area contributed by atoms with Crippen molar-refractivity contribution >= 4 is 35.0 Å². The van der Waals surface area contributed by atoms with Crippen LogP contribution in [-0.2, 0) is 35.2 Å². The molecule has 3 aliphatic heterocycles. The van der Waals surface area contributed by atoms with E-state index < -0.39 is 69.7 Å². The number of ketones is 1. The molecule has 2 unspecified atom stereocenters. The fourth-order valence-corrected chi connectivity index (χ4v) is 5.49. The van der Waals surface area contributed by atoms with Crippen LogP contribution in [0.3, 0.4) is 0 Å². The molecule has 14 heteroatoms. The molecule has 5 atom stereocenters. The Morgan fingerprint density at radius 3 is 2.48 bits per heavy atom. The molecule has 0 aromatic heterocycles. The number of halogens is 2. The topological polar surface area (TPSA) is 146 Å². The summed E-state index contributed by atoms with van der Waals surface area (Å²) in [6.07, 6.45) is -1.85. The molecule has 11 nitrogen and oxygen atoms in total. The number of nitrogens with zero attached hydrogens (tertiary/aromatic N) is 1. The summed E-state index contributed by atoms with van der Waals surface area (Å²) >= 11 is -2.00. The molecule has 220 valence electrons. The lowest BCUT2D eigenvalue weighted by molar-refractivity contribution is -0.151. The Hall–Kier alpha value is -2.65. The lowest BCUT2D eigenvalue weighted by atomic mass is 9.89. The van der Waals surface area contributed by atoms with Crippen LogP contribution >= 0.6 is 0 Å². The summed E-state index contributed by atoms with van der Waals surface area (Å²) in [6.45, 7) is 6.09. The highest BCUT2D eigenvalue weighted by molar-refractivity contribution is 7.90. The van der Waals surface area contributed by atoms with E-state index in [9.17, 15) is 23.7 Å². The second-order valence-corrected chi connectivity index (χ2v) is 12.8. The number of rotatable bonds is 9. The first kappa shape index (κ1) is 30.3. The highest BCUT2D eigenvalue weighted by atomic mass is 32.2. The van der Waals surface area contributed by atoms with Crippen molar-refractivity contribution in [2.75, 3.05) is 26.4 Å². The molecule has 3 aliphatic rings. The van der Waals surface area contributed by atoms with E-state index in [1.165, 1.54) is 12.1 Å². The average Bonchev–Trinajstić information content (AvgIpc) is 3.41. The first-order chi connectivity index (χ1) is 18.9. The van der Waals surface area contributed by atoms with Gasteiger partial charge in [0.25, 0.3) is 5.91 Å². The van der Waals surface area contributed by atoms with Gasteiger partial charge in [-0.2, -0.15) is 0 Å². The molecule has 0 saturated carbocycles. The second kappa shape index (κ2) is 12.5. The molecule has 0 radical (unpaired) electrons. The van der Waals surface area contributed by atoms with Gasteiger partial charge >= 0.3 is 6.03 Å². The van der Waals surface area contributed by atoms with Crippen LogP contribution < -0.4 is 14.8 Å². The summed E-state index contributed by atoms with van der Waals surface area (Å²) in [4.78, 5) is 52.6. The van der Waals surface area contributed by atoms with Crippen LogP contribution in [0.5, 0.6) is 5.75 Å². The summed E-state index contributed by atoms with van der Waals surface area (Å²) < 4.78 is 62.2. The molecular weight excluding hydrogens is 552 g/mol. The van der Waals surface area contributed by atoms with Crippen LogP contribution in [-0.4, -0.2) is 82.6 Å². The van der Waals surface area contributed by atoms with Crippen LogP contribution in [0.1, 0.15) is 51.6 Å². The Kier molecular flexibility index (Phi) is 9.45. The van der Waals surface area contributed by atoms with Crippen LogP contribution in [0, 0.1) is 11.7 Å².